The topological polar surface area (TPSA) is 12.0 Å². The van der Waals surface area contributed by atoms with Gasteiger partial charge in [0.25, 0.3) is 0 Å². The molecular formula is C18H29N. The van der Waals surface area contributed by atoms with Gasteiger partial charge in [0.05, 0.1) is 0 Å². The zero-order valence-corrected chi connectivity index (χ0v) is 12.6. The minimum Gasteiger partial charge on any atom is -0.317 e. The molecular weight excluding hydrogens is 230 g/mol. The van der Waals surface area contributed by atoms with Crippen molar-refractivity contribution in [2.75, 3.05) is 13.1 Å². The van der Waals surface area contributed by atoms with E-state index in [0.717, 1.165) is 18.4 Å². The minimum atomic E-state index is 0.878. The van der Waals surface area contributed by atoms with Crippen LogP contribution in [-0.2, 0) is 6.42 Å². The van der Waals surface area contributed by atoms with Gasteiger partial charge >= 0.3 is 0 Å². The van der Waals surface area contributed by atoms with Gasteiger partial charge in [-0.1, -0.05) is 56.0 Å². The summed E-state index contributed by atoms with van der Waals surface area (Å²) in [6.45, 7) is 6.70. The lowest BCUT2D eigenvalue weighted by Gasteiger charge is -2.25. The highest BCUT2D eigenvalue weighted by Crippen LogP contribution is 2.31. The van der Waals surface area contributed by atoms with Crippen LogP contribution < -0.4 is 5.32 Å². The Morgan fingerprint density at radius 3 is 2.37 bits per heavy atom. The molecule has 1 aliphatic rings. The molecule has 1 aromatic rings. The van der Waals surface area contributed by atoms with Gasteiger partial charge in [0.1, 0.15) is 0 Å². The van der Waals surface area contributed by atoms with E-state index in [-0.39, 0.29) is 0 Å². The summed E-state index contributed by atoms with van der Waals surface area (Å²) in [6.07, 6.45) is 8.41. The molecule has 0 bridgehead atoms. The van der Waals surface area contributed by atoms with E-state index >= 15 is 0 Å². The highest BCUT2D eigenvalue weighted by Gasteiger charge is 2.23. The Morgan fingerprint density at radius 2 is 1.68 bits per heavy atom. The van der Waals surface area contributed by atoms with Crippen molar-refractivity contribution in [2.45, 2.75) is 52.4 Å². The highest BCUT2D eigenvalue weighted by molar-refractivity contribution is 5.21. The lowest BCUT2D eigenvalue weighted by atomic mass is 9.83. The second kappa shape index (κ2) is 7.69. The van der Waals surface area contributed by atoms with Crippen LogP contribution in [0.15, 0.2) is 24.3 Å². The zero-order chi connectivity index (χ0) is 13.5. The van der Waals surface area contributed by atoms with Crippen molar-refractivity contribution in [3.63, 3.8) is 0 Å². The monoisotopic (exact) mass is 259 g/mol. The normalized spacial score (nSPS) is 24.1. The molecule has 2 atom stereocenters. The lowest BCUT2D eigenvalue weighted by molar-refractivity contribution is 0.299. The quantitative estimate of drug-likeness (QED) is 0.775. The average molecular weight is 259 g/mol. The van der Waals surface area contributed by atoms with Crippen molar-refractivity contribution >= 4 is 0 Å². The van der Waals surface area contributed by atoms with Gasteiger partial charge in [0, 0.05) is 0 Å². The van der Waals surface area contributed by atoms with Gasteiger partial charge in [-0.3, -0.25) is 0 Å². The molecule has 0 spiro atoms. The Morgan fingerprint density at radius 1 is 1.00 bits per heavy atom. The van der Waals surface area contributed by atoms with E-state index in [1.807, 2.05) is 0 Å². The van der Waals surface area contributed by atoms with Crippen LogP contribution >= 0.6 is 0 Å². The van der Waals surface area contributed by atoms with Crippen molar-refractivity contribution in [1.82, 2.24) is 5.32 Å². The van der Waals surface area contributed by atoms with Crippen LogP contribution in [0.1, 0.15) is 50.2 Å². The second-order valence-electron chi connectivity index (χ2n) is 6.16. The number of hydrogen-bond acceptors (Lipinski definition) is 1. The molecule has 2 unspecified atom stereocenters. The fraction of sp³-hybridized carbons (Fsp3) is 0.667. The number of aryl methyl sites for hydroxylation is 1. The third-order valence-electron chi connectivity index (χ3n) is 4.59. The molecule has 1 N–H and O–H groups in total. The average Bonchev–Trinajstić information content (AvgIpc) is 2.64. The summed E-state index contributed by atoms with van der Waals surface area (Å²) in [5.74, 6) is 1.76. The molecule has 1 nitrogen and oxygen atoms in total. The van der Waals surface area contributed by atoms with Gasteiger partial charge in [-0.15, -0.1) is 0 Å². The molecule has 0 aliphatic heterocycles. The van der Waals surface area contributed by atoms with Gasteiger partial charge in [-0.2, -0.15) is 0 Å². The van der Waals surface area contributed by atoms with Gasteiger partial charge in [0.15, 0.2) is 0 Å². The van der Waals surface area contributed by atoms with Crippen molar-refractivity contribution in [3.8, 4) is 0 Å². The standard InChI is InChI=1S/C18H29N/c1-3-19-14-18-8-6-4-5-7-17(18)13-16-11-9-15(2)10-12-16/h9-12,17-19H,3-8,13-14H2,1-2H3. The van der Waals surface area contributed by atoms with E-state index in [2.05, 4.69) is 43.4 Å². The van der Waals surface area contributed by atoms with Crippen molar-refractivity contribution in [1.29, 1.82) is 0 Å². The summed E-state index contributed by atoms with van der Waals surface area (Å²) in [4.78, 5) is 0. The predicted molar refractivity (Wildman–Crippen MR) is 83.5 cm³/mol. The van der Waals surface area contributed by atoms with E-state index in [0.29, 0.717) is 0 Å². The van der Waals surface area contributed by atoms with Crippen LogP contribution in [0.4, 0.5) is 0 Å². The van der Waals surface area contributed by atoms with Crippen LogP contribution in [-0.4, -0.2) is 13.1 Å². The summed E-state index contributed by atoms with van der Waals surface area (Å²) >= 11 is 0. The molecule has 1 aromatic carbocycles. The van der Waals surface area contributed by atoms with Crippen LogP contribution in [0, 0.1) is 18.8 Å². The largest absolute Gasteiger partial charge is 0.317 e. The van der Waals surface area contributed by atoms with Gasteiger partial charge in [0.2, 0.25) is 0 Å². The van der Waals surface area contributed by atoms with E-state index < -0.39 is 0 Å². The molecule has 0 aromatic heterocycles. The number of hydrogen-bond donors (Lipinski definition) is 1. The van der Waals surface area contributed by atoms with Crippen LogP contribution in [0.25, 0.3) is 0 Å². The third kappa shape index (κ3) is 4.65. The first-order chi connectivity index (χ1) is 9.29. The maximum atomic E-state index is 3.57. The molecule has 0 radical (unpaired) electrons. The molecule has 19 heavy (non-hydrogen) atoms. The maximum absolute atomic E-state index is 3.57. The minimum absolute atomic E-state index is 0.878. The van der Waals surface area contributed by atoms with Gasteiger partial charge < -0.3 is 5.32 Å². The van der Waals surface area contributed by atoms with E-state index in [9.17, 15) is 0 Å². The fourth-order valence-corrected chi connectivity index (χ4v) is 3.36. The number of benzene rings is 1. The van der Waals surface area contributed by atoms with Gasteiger partial charge in [-0.05, 0) is 56.7 Å². The summed E-state index contributed by atoms with van der Waals surface area (Å²) < 4.78 is 0. The maximum Gasteiger partial charge on any atom is -0.00179 e. The van der Waals surface area contributed by atoms with Crippen LogP contribution in [0.5, 0.6) is 0 Å². The van der Waals surface area contributed by atoms with Crippen LogP contribution in [0.2, 0.25) is 0 Å². The van der Waals surface area contributed by atoms with Crippen molar-refractivity contribution in [3.05, 3.63) is 35.4 Å². The molecule has 106 valence electrons. The Hall–Kier alpha value is -0.820. The third-order valence-corrected chi connectivity index (χ3v) is 4.59. The highest BCUT2D eigenvalue weighted by atomic mass is 14.8. The zero-order valence-electron chi connectivity index (χ0n) is 12.6. The smallest absolute Gasteiger partial charge is 0.00179 e. The van der Waals surface area contributed by atoms with E-state index in [1.54, 1.807) is 0 Å². The molecule has 1 fully saturated rings. The van der Waals surface area contributed by atoms with Gasteiger partial charge in [-0.25, -0.2) is 0 Å². The Balaban J connectivity index is 1.98. The second-order valence-corrected chi connectivity index (χ2v) is 6.16. The summed E-state index contributed by atoms with van der Waals surface area (Å²) in [6, 6.07) is 9.16. The lowest BCUT2D eigenvalue weighted by Crippen LogP contribution is -2.28. The molecule has 2 rings (SSSR count). The molecule has 0 saturated heterocycles. The Labute approximate surface area is 118 Å². The Bertz CT molecular complexity index is 354. The predicted octanol–water partition coefficient (Wildman–Crippen LogP) is 4.34. The first-order valence-corrected chi connectivity index (χ1v) is 8.06. The Kier molecular flexibility index (Phi) is 5.91. The van der Waals surface area contributed by atoms with E-state index in [1.165, 1.54) is 56.2 Å². The molecule has 0 amide bonds. The van der Waals surface area contributed by atoms with E-state index in [4.69, 9.17) is 0 Å². The summed E-state index contributed by atoms with van der Waals surface area (Å²) in [5, 5.41) is 3.57. The first kappa shape index (κ1) is 14.6. The number of rotatable bonds is 5. The first-order valence-electron chi connectivity index (χ1n) is 8.06. The van der Waals surface area contributed by atoms with Crippen molar-refractivity contribution < 1.29 is 0 Å². The molecule has 1 aliphatic carbocycles. The molecule has 1 saturated carbocycles. The SMILES string of the molecule is CCNCC1CCCCCC1Cc1ccc(C)cc1. The molecule has 0 heterocycles. The number of nitrogens with one attached hydrogen (secondary N) is 1. The summed E-state index contributed by atoms with van der Waals surface area (Å²) in [5.41, 5.74) is 2.90. The molecule has 1 heteroatoms. The van der Waals surface area contributed by atoms with Crippen LogP contribution in [0.3, 0.4) is 0 Å². The summed E-state index contributed by atoms with van der Waals surface area (Å²) in [7, 11) is 0. The van der Waals surface area contributed by atoms with Crippen molar-refractivity contribution in [2.24, 2.45) is 11.8 Å². The fourth-order valence-electron chi connectivity index (χ4n) is 3.36.